The van der Waals surface area contributed by atoms with Crippen molar-refractivity contribution in [1.82, 2.24) is 0 Å². The fourth-order valence-electron chi connectivity index (χ4n) is 5.49. The van der Waals surface area contributed by atoms with E-state index < -0.39 is 11.6 Å². The molecule has 34 heavy (non-hydrogen) atoms. The summed E-state index contributed by atoms with van der Waals surface area (Å²) in [5, 5.41) is 0. The number of carbonyl (C=O) groups is 4. The first-order chi connectivity index (χ1) is 16.2. The van der Waals surface area contributed by atoms with Crippen LogP contribution in [0.3, 0.4) is 0 Å². The molecular formula is C24H34O8S2. The SMILES string of the molecule is CC(CSCCCCCCSCC(C)C12OC(=O)CC1CC(=O)O2)C12OC(=O)CC1CC(=O)O2. The van der Waals surface area contributed by atoms with Crippen molar-refractivity contribution in [3.63, 3.8) is 0 Å². The van der Waals surface area contributed by atoms with E-state index in [1.54, 1.807) is 0 Å². The summed E-state index contributed by atoms with van der Waals surface area (Å²) >= 11 is 3.64. The third-order valence-corrected chi connectivity index (χ3v) is 9.95. The van der Waals surface area contributed by atoms with Crippen molar-refractivity contribution in [1.29, 1.82) is 0 Å². The maximum absolute atomic E-state index is 11.7. The average molecular weight is 515 g/mol. The third-order valence-electron chi connectivity index (χ3n) is 7.32. The molecule has 4 fully saturated rings. The number of esters is 4. The zero-order chi connectivity index (χ0) is 24.3. The molecule has 4 aliphatic heterocycles. The Morgan fingerprint density at radius 3 is 1.29 bits per heavy atom. The molecule has 0 aromatic rings. The van der Waals surface area contributed by atoms with Crippen LogP contribution in [0, 0.1) is 23.7 Å². The van der Waals surface area contributed by atoms with Gasteiger partial charge in [0.1, 0.15) is 0 Å². The summed E-state index contributed by atoms with van der Waals surface area (Å²) in [5.74, 6) is 0.165. The zero-order valence-corrected chi connectivity index (χ0v) is 21.5. The zero-order valence-electron chi connectivity index (χ0n) is 19.9. The van der Waals surface area contributed by atoms with Crippen molar-refractivity contribution in [2.24, 2.45) is 23.7 Å². The van der Waals surface area contributed by atoms with E-state index >= 15 is 0 Å². The van der Waals surface area contributed by atoms with Gasteiger partial charge in [0.2, 0.25) is 0 Å². The maximum Gasteiger partial charge on any atom is 0.309 e. The summed E-state index contributed by atoms with van der Waals surface area (Å²) in [4.78, 5) is 46.9. The van der Waals surface area contributed by atoms with E-state index in [0.29, 0.717) is 0 Å². The number of carbonyl (C=O) groups excluding carboxylic acids is 4. The molecule has 0 spiro atoms. The lowest BCUT2D eigenvalue weighted by molar-refractivity contribution is -0.222. The minimum absolute atomic E-state index is 0.0175. The largest absolute Gasteiger partial charge is 0.422 e. The maximum atomic E-state index is 11.7. The number of hydrogen-bond donors (Lipinski definition) is 0. The van der Waals surface area contributed by atoms with Gasteiger partial charge in [0.25, 0.3) is 11.6 Å². The van der Waals surface area contributed by atoms with Crippen LogP contribution in [0.15, 0.2) is 0 Å². The molecular weight excluding hydrogens is 480 g/mol. The van der Waals surface area contributed by atoms with Crippen molar-refractivity contribution < 1.29 is 38.1 Å². The van der Waals surface area contributed by atoms with Gasteiger partial charge in [-0.15, -0.1) is 0 Å². The molecule has 0 aromatic carbocycles. The summed E-state index contributed by atoms with van der Waals surface area (Å²) in [7, 11) is 0. The topological polar surface area (TPSA) is 105 Å². The van der Waals surface area contributed by atoms with E-state index in [4.69, 9.17) is 18.9 Å². The Labute approximate surface area is 208 Å². The Hall–Kier alpha value is -1.42. The van der Waals surface area contributed by atoms with Gasteiger partial charge in [-0.25, -0.2) is 0 Å². The number of fused-ring (bicyclic) bond motifs is 2. The molecule has 190 valence electrons. The number of hydrogen-bond acceptors (Lipinski definition) is 10. The van der Waals surface area contributed by atoms with Crippen molar-refractivity contribution in [2.45, 2.75) is 76.8 Å². The van der Waals surface area contributed by atoms with E-state index in [1.165, 1.54) is 0 Å². The van der Waals surface area contributed by atoms with Gasteiger partial charge in [0.05, 0.1) is 37.5 Å². The molecule has 8 nitrogen and oxygen atoms in total. The van der Waals surface area contributed by atoms with Crippen LogP contribution in [0.25, 0.3) is 0 Å². The van der Waals surface area contributed by atoms with Gasteiger partial charge in [0, 0.05) is 23.3 Å². The summed E-state index contributed by atoms with van der Waals surface area (Å²) < 4.78 is 21.9. The van der Waals surface area contributed by atoms with Crippen LogP contribution in [0.5, 0.6) is 0 Å². The number of rotatable bonds is 13. The molecule has 0 saturated carbocycles. The normalized spacial score (nSPS) is 33.7. The van der Waals surface area contributed by atoms with Crippen LogP contribution in [-0.2, 0) is 38.1 Å². The molecule has 4 rings (SSSR count). The van der Waals surface area contributed by atoms with Crippen LogP contribution in [0.2, 0.25) is 0 Å². The predicted octanol–water partition coefficient (Wildman–Crippen LogP) is 3.70. The quantitative estimate of drug-likeness (QED) is 0.267. The van der Waals surface area contributed by atoms with E-state index in [-0.39, 0.29) is 73.2 Å². The monoisotopic (exact) mass is 514 g/mol. The van der Waals surface area contributed by atoms with Crippen molar-refractivity contribution in [3.05, 3.63) is 0 Å². The molecule has 0 bridgehead atoms. The van der Waals surface area contributed by atoms with Crippen LogP contribution in [-0.4, -0.2) is 58.5 Å². The Morgan fingerprint density at radius 1 is 0.647 bits per heavy atom. The molecule has 0 radical (unpaired) electrons. The first-order valence-electron chi connectivity index (χ1n) is 12.3. The second-order valence-corrected chi connectivity index (χ2v) is 12.2. The van der Waals surface area contributed by atoms with Crippen LogP contribution >= 0.6 is 23.5 Å². The van der Waals surface area contributed by atoms with Gasteiger partial charge >= 0.3 is 23.9 Å². The molecule has 2 atom stereocenters. The Morgan fingerprint density at radius 2 is 0.971 bits per heavy atom. The highest BCUT2D eigenvalue weighted by Gasteiger charge is 2.61. The fraction of sp³-hybridized carbons (Fsp3) is 0.833. The molecule has 4 aliphatic rings. The lowest BCUT2D eigenvalue weighted by Crippen LogP contribution is -2.42. The molecule has 0 N–H and O–H groups in total. The van der Waals surface area contributed by atoms with Gasteiger partial charge in [-0.3, -0.25) is 19.2 Å². The molecule has 0 amide bonds. The molecule has 0 aliphatic carbocycles. The van der Waals surface area contributed by atoms with E-state index in [2.05, 4.69) is 0 Å². The van der Waals surface area contributed by atoms with Crippen LogP contribution in [0.1, 0.15) is 65.2 Å². The van der Waals surface area contributed by atoms with Crippen molar-refractivity contribution >= 4 is 47.4 Å². The molecule has 0 aromatic heterocycles. The van der Waals surface area contributed by atoms with E-state index in [0.717, 1.165) is 48.7 Å². The number of ether oxygens (including phenoxy) is 4. The third kappa shape index (κ3) is 5.22. The van der Waals surface area contributed by atoms with Gasteiger partial charge < -0.3 is 18.9 Å². The van der Waals surface area contributed by atoms with Gasteiger partial charge in [-0.2, -0.15) is 23.5 Å². The summed E-state index contributed by atoms with van der Waals surface area (Å²) in [6.07, 6.45) is 5.62. The fourth-order valence-corrected chi connectivity index (χ4v) is 7.81. The Bertz CT molecular complexity index is 709. The highest BCUT2D eigenvalue weighted by atomic mass is 32.2. The Kier molecular flexibility index (Phi) is 8.06. The Balaban J connectivity index is 1.04. The summed E-state index contributed by atoms with van der Waals surface area (Å²) in [6.45, 7) is 3.99. The highest BCUT2D eigenvalue weighted by Crippen LogP contribution is 2.48. The lowest BCUT2D eigenvalue weighted by atomic mass is 9.89. The van der Waals surface area contributed by atoms with Gasteiger partial charge in [-0.05, 0) is 24.3 Å². The second-order valence-electron chi connectivity index (χ2n) is 9.92. The molecule has 4 saturated heterocycles. The number of thioether (sulfide) groups is 2. The van der Waals surface area contributed by atoms with Crippen LogP contribution < -0.4 is 0 Å². The summed E-state index contributed by atoms with van der Waals surface area (Å²) in [6, 6.07) is 0. The molecule has 10 heteroatoms. The van der Waals surface area contributed by atoms with Crippen molar-refractivity contribution in [3.8, 4) is 0 Å². The highest BCUT2D eigenvalue weighted by molar-refractivity contribution is 7.99. The first kappa shape index (κ1) is 25.7. The standard InChI is InChI=1S/C24H34O8S2/c1-15(23-17(9-19(25)29-23)10-20(26)30-23)13-33-7-5-3-4-6-8-34-14-16(2)24-18(11-21(27)31-24)12-22(28)32-24/h15-18H,3-14H2,1-2H3. The minimum Gasteiger partial charge on any atom is -0.422 e. The van der Waals surface area contributed by atoms with E-state index in [1.807, 2.05) is 37.4 Å². The number of unbranched alkanes of at least 4 members (excludes halogenated alkanes) is 3. The van der Waals surface area contributed by atoms with Crippen LogP contribution in [0.4, 0.5) is 0 Å². The van der Waals surface area contributed by atoms with E-state index in [9.17, 15) is 19.2 Å². The first-order valence-corrected chi connectivity index (χ1v) is 14.6. The van der Waals surface area contributed by atoms with Gasteiger partial charge in [0.15, 0.2) is 0 Å². The smallest absolute Gasteiger partial charge is 0.309 e. The second kappa shape index (κ2) is 10.7. The summed E-state index contributed by atoms with van der Waals surface area (Å²) in [5.41, 5.74) is 0. The minimum atomic E-state index is -1.04. The molecule has 2 unspecified atom stereocenters. The molecule has 4 heterocycles. The predicted molar refractivity (Wildman–Crippen MR) is 127 cm³/mol. The lowest BCUT2D eigenvalue weighted by Gasteiger charge is -2.31. The van der Waals surface area contributed by atoms with Gasteiger partial charge in [-0.1, -0.05) is 26.7 Å². The van der Waals surface area contributed by atoms with Crippen molar-refractivity contribution in [2.75, 3.05) is 23.0 Å². The average Bonchev–Trinajstić information content (AvgIpc) is 3.43.